The summed E-state index contributed by atoms with van der Waals surface area (Å²) in [5.41, 5.74) is 0.772. The Bertz CT molecular complexity index is 788. The maximum atomic E-state index is 12.3. The number of rotatable bonds is 16. The second-order valence-electron chi connectivity index (χ2n) is 10.4. The summed E-state index contributed by atoms with van der Waals surface area (Å²) < 4.78 is 31.9. The van der Waals surface area contributed by atoms with Crippen molar-refractivity contribution in [2.24, 2.45) is 0 Å². The first-order valence-corrected chi connectivity index (χ1v) is 15.2. The van der Waals surface area contributed by atoms with E-state index in [2.05, 4.69) is 20.5 Å². The fourth-order valence-corrected chi connectivity index (χ4v) is 6.49. The van der Waals surface area contributed by atoms with E-state index in [1.807, 2.05) is 12.1 Å². The van der Waals surface area contributed by atoms with E-state index in [9.17, 15) is 13.6 Å². The number of carbonyl (C=O) groups is 1. The molecule has 2 fully saturated rings. The van der Waals surface area contributed by atoms with Crippen molar-refractivity contribution in [2.75, 3.05) is 45.9 Å². The number of ether oxygens (including phenoxy) is 1. The topological polar surface area (TPSA) is 110 Å². The predicted molar refractivity (Wildman–Crippen MR) is 145 cm³/mol. The lowest BCUT2D eigenvalue weighted by Crippen LogP contribution is -2.51. The molecular weight excluding hydrogens is 490 g/mol. The molecule has 1 aliphatic carbocycles. The Morgan fingerprint density at radius 1 is 1.08 bits per heavy atom. The van der Waals surface area contributed by atoms with Crippen molar-refractivity contribution < 1.29 is 18.3 Å². The van der Waals surface area contributed by atoms with Crippen LogP contribution in [0.25, 0.3) is 0 Å². The fraction of sp³-hybridized carbons (Fsp3) is 0.778. The minimum absolute atomic E-state index is 0.151. The monoisotopic (exact) mass is 536 g/mol. The van der Waals surface area contributed by atoms with E-state index in [0.717, 1.165) is 109 Å². The van der Waals surface area contributed by atoms with Gasteiger partial charge in [0.05, 0.1) is 13.2 Å². The largest absolute Gasteiger partial charge is 0.760 e. The number of nitrogens with one attached hydrogen (secondary N) is 2. The van der Waals surface area contributed by atoms with Gasteiger partial charge in [0.2, 0.25) is 0 Å². The van der Waals surface area contributed by atoms with E-state index in [0.29, 0.717) is 19.6 Å². The molecule has 9 nitrogen and oxygen atoms in total. The number of pyridine rings is 1. The molecule has 10 heteroatoms. The number of amides is 2. The Labute approximate surface area is 225 Å². The molecule has 2 amide bonds. The van der Waals surface area contributed by atoms with E-state index in [1.165, 1.54) is 6.42 Å². The van der Waals surface area contributed by atoms with Crippen molar-refractivity contribution in [1.82, 2.24) is 24.8 Å². The van der Waals surface area contributed by atoms with Crippen LogP contribution in [0, 0.1) is 0 Å². The molecule has 210 valence electrons. The zero-order valence-corrected chi connectivity index (χ0v) is 23.2. The third-order valence-corrected chi connectivity index (χ3v) is 8.64. The average molecular weight is 537 g/mol. The van der Waals surface area contributed by atoms with Crippen LogP contribution in [0.2, 0.25) is 0 Å². The molecule has 0 bridgehead atoms. The third kappa shape index (κ3) is 11.0. The molecule has 2 heterocycles. The Morgan fingerprint density at radius 3 is 2.57 bits per heavy atom. The highest BCUT2D eigenvalue weighted by atomic mass is 32.2. The van der Waals surface area contributed by atoms with E-state index in [1.54, 1.807) is 16.7 Å². The molecule has 1 saturated heterocycles. The summed E-state index contributed by atoms with van der Waals surface area (Å²) in [5.74, 6) is 0. The number of urea groups is 1. The van der Waals surface area contributed by atoms with E-state index >= 15 is 0 Å². The molecular formula is C27H46N5O4S-. The normalized spacial score (nSPS) is 19.0. The SMILES string of the molecule is O=C(NCCCCCCCC1(N(CCCN2CCOCC2)S(=O)[O-])CCCCC1)NCc1cccnc1. The van der Waals surface area contributed by atoms with Crippen molar-refractivity contribution in [3.8, 4) is 0 Å². The van der Waals surface area contributed by atoms with Gasteiger partial charge in [-0.25, -0.2) is 9.10 Å². The summed E-state index contributed by atoms with van der Waals surface area (Å²) in [6.45, 7) is 6.11. The maximum absolute atomic E-state index is 12.3. The van der Waals surface area contributed by atoms with E-state index in [-0.39, 0.29) is 11.6 Å². The molecule has 1 aliphatic heterocycles. The van der Waals surface area contributed by atoms with Crippen LogP contribution in [-0.4, -0.2) is 80.5 Å². The van der Waals surface area contributed by atoms with Crippen molar-refractivity contribution in [3.63, 3.8) is 0 Å². The van der Waals surface area contributed by atoms with Gasteiger partial charge in [0, 0.05) is 61.9 Å². The quantitative estimate of drug-likeness (QED) is 0.246. The molecule has 37 heavy (non-hydrogen) atoms. The summed E-state index contributed by atoms with van der Waals surface area (Å²) in [4.78, 5) is 18.4. The average Bonchev–Trinajstić information content (AvgIpc) is 2.93. The maximum Gasteiger partial charge on any atom is 0.315 e. The lowest BCUT2D eigenvalue weighted by atomic mass is 9.78. The molecule has 3 rings (SSSR count). The summed E-state index contributed by atoms with van der Waals surface area (Å²) in [6, 6.07) is 3.64. The molecule has 2 N–H and O–H groups in total. The van der Waals surface area contributed by atoms with Crippen LogP contribution >= 0.6 is 0 Å². The highest BCUT2D eigenvalue weighted by Gasteiger charge is 2.38. The second kappa shape index (κ2) is 17.1. The lowest BCUT2D eigenvalue weighted by Gasteiger charge is -2.47. The summed E-state index contributed by atoms with van der Waals surface area (Å²) >= 11 is -2.19. The molecule has 0 radical (unpaired) electrons. The number of morpholine rings is 1. The molecule has 0 aromatic carbocycles. The highest BCUT2D eigenvalue weighted by molar-refractivity contribution is 7.76. The first-order valence-electron chi connectivity index (χ1n) is 14.2. The first kappa shape index (κ1) is 30.0. The smallest absolute Gasteiger partial charge is 0.315 e. The van der Waals surface area contributed by atoms with Crippen LogP contribution in [0.15, 0.2) is 24.5 Å². The van der Waals surface area contributed by atoms with Crippen molar-refractivity contribution in [2.45, 2.75) is 89.1 Å². The van der Waals surface area contributed by atoms with Crippen LogP contribution in [-0.2, 0) is 22.5 Å². The van der Waals surface area contributed by atoms with Gasteiger partial charge < -0.3 is 19.9 Å². The summed E-state index contributed by atoms with van der Waals surface area (Å²) in [7, 11) is 0. The van der Waals surface area contributed by atoms with Crippen LogP contribution in [0.4, 0.5) is 4.79 Å². The van der Waals surface area contributed by atoms with E-state index in [4.69, 9.17) is 4.74 Å². The van der Waals surface area contributed by atoms with Crippen LogP contribution < -0.4 is 10.6 Å². The zero-order chi connectivity index (χ0) is 26.2. The highest BCUT2D eigenvalue weighted by Crippen LogP contribution is 2.39. The first-order chi connectivity index (χ1) is 18.1. The van der Waals surface area contributed by atoms with Crippen molar-refractivity contribution >= 4 is 17.3 Å². The molecule has 1 aromatic rings. The number of hydrogen-bond donors (Lipinski definition) is 2. The number of nitrogens with zero attached hydrogens (tertiary/aromatic N) is 3. The van der Waals surface area contributed by atoms with Gasteiger partial charge in [-0.1, -0.05) is 51.0 Å². The molecule has 1 saturated carbocycles. The fourth-order valence-electron chi connectivity index (χ4n) is 5.63. The standard InChI is InChI=1S/C27H47N5O4S/c33-26(30-24-25-11-9-15-28-23-25)29-16-8-3-1-2-5-12-27(13-6-4-7-14-27)32(37(34)35)18-10-17-31-19-21-36-22-20-31/h9,11,15,23H,1-8,10,12-14,16-22,24H2,(H,34,35)(H2,29,30,33)/p-1. The molecule has 1 aromatic heterocycles. The Kier molecular flexibility index (Phi) is 13.8. The minimum Gasteiger partial charge on any atom is -0.760 e. The van der Waals surface area contributed by atoms with Crippen LogP contribution in [0.5, 0.6) is 0 Å². The van der Waals surface area contributed by atoms with Crippen LogP contribution in [0.1, 0.15) is 82.6 Å². The van der Waals surface area contributed by atoms with Gasteiger partial charge in [-0.3, -0.25) is 14.1 Å². The summed E-state index contributed by atoms with van der Waals surface area (Å²) in [5, 5.41) is 5.77. The molecule has 1 atom stereocenters. The van der Waals surface area contributed by atoms with Gasteiger partial charge in [-0.05, 0) is 50.3 Å². The Morgan fingerprint density at radius 2 is 1.84 bits per heavy atom. The van der Waals surface area contributed by atoms with Gasteiger partial charge >= 0.3 is 6.03 Å². The van der Waals surface area contributed by atoms with Gasteiger partial charge in [0.1, 0.15) is 0 Å². The minimum atomic E-state index is -2.19. The Hall–Kier alpha value is -1.59. The molecule has 1 unspecified atom stereocenters. The van der Waals surface area contributed by atoms with Crippen molar-refractivity contribution in [1.29, 1.82) is 0 Å². The van der Waals surface area contributed by atoms with Gasteiger partial charge in [0.15, 0.2) is 0 Å². The lowest BCUT2D eigenvalue weighted by molar-refractivity contribution is 0.0346. The molecule has 2 aliphatic rings. The second-order valence-corrected chi connectivity index (χ2v) is 11.3. The number of unbranched alkanes of at least 4 members (excludes halogenated alkanes) is 4. The van der Waals surface area contributed by atoms with E-state index < -0.39 is 11.3 Å². The number of aromatic nitrogens is 1. The van der Waals surface area contributed by atoms with Crippen molar-refractivity contribution in [3.05, 3.63) is 30.1 Å². The van der Waals surface area contributed by atoms with Gasteiger partial charge in [-0.15, -0.1) is 0 Å². The molecule has 0 spiro atoms. The Balaban J connectivity index is 1.31. The van der Waals surface area contributed by atoms with Crippen LogP contribution in [0.3, 0.4) is 0 Å². The van der Waals surface area contributed by atoms with Gasteiger partial charge in [0.25, 0.3) is 0 Å². The predicted octanol–water partition coefficient (Wildman–Crippen LogP) is 3.74. The third-order valence-electron chi connectivity index (χ3n) is 7.71. The number of hydrogen-bond acceptors (Lipinski definition) is 6. The summed E-state index contributed by atoms with van der Waals surface area (Å²) in [6.07, 6.45) is 16.0. The van der Waals surface area contributed by atoms with Gasteiger partial charge in [-0.2, -0.15) is 0 Å². The zero-order valence-electron chi connectivity index (χ0n) is 22.3. The number of carbonyl (C=O) groups excluding carboxylic acids is 1.